The maximum absolute atomic E-state index is 10.6. The van der Waals surface area contributed by atoms with Gasteiger partial charge in [0.05, 0.1) is 0 Å². The van der Waals surface area contributed by atoms with Crippen LogP contribution < -0.4 is 11.1 Å². The Morgan fingerprint density at radius 2 is 2.42 bits per heavy atom. The third kappa shape index (κ3) is 1.94. The van der Waals surface area contributed by atoms with Crippen LogP contribution in [-0.4, -0.2) is 22.1 Å². The zero-order chi connectivity index (χ0) is 9.14. The number of anilines is 1. The molecule has 0 saturated heterocycles. The highest BCUT2D eigenvalue weighted by atomic mass is 16.5. The minimum atomic E-state index is -0.509. The van der Waals surface area contributed by atoms with Crippen LogP contribution in [0.4, 0.5) is 6.01 Å². The summed E-state index contributed by atoms with van der Waals surface area (Å²) in [5, 5.41) is 6.18. The van der Waals surface area contributed by atoms with Crippen molar-refractivity contribution in [3.8, 4) is 0 Å². The van der Waals surface area contributed by atoms with Gasteiger partial charge in [-0.1, -0.05) is 5.16 Å². The molecule has 1 aromatic heterocycles. The number of aryl methyl sites for hydroxylation is 1. The van der Waals surface area contributed by atoms with E-state index in [-0.39, 0.29) is 6.01 Å². The Hall–Kier alpha value is -1.59. The van der Waals surface area contributed by atoms with Crippen LogP contribution in [0.1, 0.15) is 12.7 Å². The van der Waals surface area contributed by atoms with Crippen LogP contribution in [-0.2, 0) is 4.79 Å². The maximum atomic E-state index is 10.6. The molecule has 0 aromatic carbocycles. The van der Waals surface area contributed by atoms with Gasteiger partial charge in [0.1, 0.15) is 6.04 Å². The van der Waals surface area contributed by atoms with E-state index in [1.807, 2.05) is 0 Å². The van der Waals surface area contributed by atoms with Crippen LogP contribution in [0.3, 0.4) is 0 Å². The zero-order valence-electron chi connectivity index (χ0n) is 6.87. The number of carbonyl (C=O) groups is 1. The lowest BCUT2D eigenvalue weighted by atomic mass is 10.3. The van der Waals surface area contributed by atoms with Gasteiger partial charge in [-0.05, 0) is 13.8 Å². The van der Waals surface area contributed by atoms with E-state index < -0.39 is 11.9 Å². The van der Waals surface area contributed by atoms with Crippen molar-refractivity contribution < 1.29 is 9.32 Å². The summed E-state index contributed by atoms with van der Waals surface area (Å²) in [7, 11) is 0. The third-order valence-corrected chi connectivity index (χ3v) is 1.29. The van der Waals surface area contributed by atoms with Gasteiger partial charge in [-0.3, -0.25) is 4.79 Å². The minimum Gasteiger partial charge on any atom is -0.368 e. The van der Waals surface area contributed by atoms with Crippen molar-refractivity contribution in [2.24, 2.45) is 5.73 Å². The molecule has 0 aliphatic carbocycles. The molecule has 1 unspecified atom stereocenters. The van der Waals surface area contributed by atoms with E-state index in [4.69, 9.17) is 10.3 Å². The van der Waals surface area contributed by atoms with E-state index in [1.165, 1.54) is 0 Å². The summed E-state index contributed by atoms with van der Waals surface area (Å²) >= 11 is 0. The fourth-order valence-electron chi connectivity index (χ4n) is 0.612. The fourth-order valence-corrected chi connectivity index (χ4v) is 0.612. The first-order valence-corrected chi connectivity index (χ1v) is 3.46. The number of nitrogens with zero attached hydrogens (tertiary/aromatic N) is 2. The second kappa shape index (κ2) is 3.21. The Morgan fingerprint density at radius 3 is 2.83 bits per heavy atom. The smallest absolute Gasteiger partial charge is 0.322 e. The van der Waals surface area contributed by atoms with E-state index in [1.54, 1.807) is 13.8 Å². The van der Waals surface area contributed by atoms with E-state index in [0.29, 0.717) is 5.82 Å². The standard InChI is InChI=1S/C6H10N4O2/c1-3(5(7)11)8-6-9-4(2)10-12-6/h3H,1-2H3,(H2,7,11)(H,8,9,10). The molecule has 0 radical (unpaired) electrons. The Labute approximate surface area is 69.1 Å². The van der Waals surface area contributed by atoms with E-state index in [9.17, 15) is 4.79 Å². The van der Waals surface area contributed by atoms with Crippen LogP contribution in [0.2, 0.25) is 0 Å². The molecule has 0 fully saturated rings. The van der Waals surface area contributed by atoms with Crippen LogP contribution in [0, 0.1) is 6.92 Å². The Kier molecular flexibility index (Phi) is 2.27. The first kappa shape index (κ1) is 8.51. The van der Waals surface area contributed by atoms with E-state index in [2.05, 4.69) is 15.5 Å². The number of hydrogen-bond acceptors (Lipinski definition) is 5. The summed E-state index contributed by atoms with van der Waals surface area (Å²) in [6.45, 7) is 3.30. The summed E-state index contributed by atoms with van der Waals surface area (Å²) in [6, 6.07) is -0.302. The highest BCUT2D eigenvalue weighted by molar-refractivity contribution is 5.81. The molecule has 3 N–H and O–H groups in total. The van der Waals surface area contributed by atoms with Crippen molar-refractivity contribution in [3.63, 3.8) is 0 Å². The molecule has 0 spiro atoms. The first-order chi connectivity index (χ1) is 5.59. The molecule has 6 nitrogen and oxygen atoms in total. The lowest BCUT2D eigenvalue weighted by Crippen LogP contribution is -2.32. The molecule has 1 atom stereocenters. The van der Waals surface area contributed by atoms with Crippen LogP contribution in [0.5, 0.6) is 0 Å². The second-order valence-corrected chi connectivity index (χ2v) is 2.42. The average Bonchev–Trinajstić information content (AvgIpc) is 2.35. The van der Waals surface area contributed by atoms with Crippen molar-refractivity contribution in [2.45, 2.75) is 19.9 Å². The fraction of sp³-hybridized carbons (Fsp3) is 0.500. The van der Waals surface area contributed by atoms with E-state index in [0.717, 1.165) is 0 Å². The molecule has 1 amide bonds. The van der Waals surface area contributed by atoms with Crippen LogP contribution >= 0.6 is 0 Å². The van der Waals surface area contributed by atoms with Gasteiger partial charge in [0.2, 0.25) is 5.91 Å². The monoisotopic (exact) mass is 170 g/mol. The first-order valence-electron chi connectivity index (χ1n) is 3.46. The molecular formula is C6H10N4O2. The number of amides is 1. The number of hydrogen-bond donors (Lipinski definition) is 2. The van der Waals surface area contributed by atoms with Crippen molar-refractivity contribution in [3.05, 3.63) is 5.82 Å². The maximum Gasteiger partial charge on any atom is 0.322 e. The minimum absolute atomic E-state index is 0.207. The molecule has 66 valence electrons. The van der Waals surface area contributed by atoms with Crippen LogP contribution in [0.15, 0.2) is 4.52 Å². The van der Waals surface area contributed by atoms with Gasteiger partial charge >= 0.3 is 6.01 Å². The van der Waals surface area contributed by atoms with Gasteiger partial charge in [-0.15, -0.1) is 0 Å². The third-order valence-electron chi connectivity index (χ3n) is 1.29. The van der Waals surface area contributed by atoms with Crippen molar-refractivity contribution >= 4 is 11.9 Å². The Balaban J connectivity index is 2.58. The molecular weight excluding hydrogens is 160 g/mol. The zero-order valence-corrected chi connectivity index (χ0v) is 6.87. The number of primary amides is 1. The van der Waals surface area contributed by atoms with E-state index >= 15 is 0 Å². The molecule has 0 aliphatic rings. The summed E-state index contributed by atoms with van der Waals surface area (Å²) < 4.78 is 4.71. The Morgan fingerprint density at radius 1 is 1.75 bits per heavy atom. The van der Waals surface area contributed by atoms with Crippen molar-refractivity contribution in [1.82, 2.24) is 10.1 Å². The summed E-state index contributed by atoms with van der Waals surface area (Å²) in [5.74, 6) is 0.0417. The van der Waals surface area contributed by atoms with Gasteiger partial charge in [-0.2, -0.15) is 4.98 Å². The summed E-state index contributed by atoms with van der Waals surface area (Å²) in [4.78, 5) is 14.4. The van der Waals surface area contributed by atoms with Gasteiger partial charge in [0.25, 0.3) is 0 Å². The number of rotatable bonds is 3. The van der Waals surface area contributed by atoms with Gasteiger partial charge in [0.15, 0.2) is 5.82 Å². The highest BCUT2D eigenvalue weighted by Crippen LogP contribution is 2.03. The summed E-state index contributed by atoms with van der Waals surface area (Å²) in [5.41, 5.74) is 5.00. The lowest BCUT2D eigenvalue weighted by Gasteiger charge is -2.05. The SMILES string of the molecule is Cc1noc(NC(C)C(N)=O)n1. The second-order valence-electron chi connectivity index (χ2n) is 2.42. The molecule has 0 saturated carbocycles. The van der Waals surface area contributed by atoms with Gasteiger partial charge in [0, 0.05) is 0 Å². The van der Waals surface area contributed by atoms with Crippen molar-refractivity contribution in [2.75, 3.05) is 5.32 Å². The molecule has 1 rings (SSSR count). The molecule has 6 heteroatoms. The van der Waals surface area contributed by atoms with Crippen LogP contribution in [0.25, 0.3) is 0 Å². The topological polar surface area (TPSA) is 94.0 Å². The summed E-state index contributed by atoms with van der Waals surface area (Å²) in [6.07, 6.45) is 0. The van der Waals surface area contributed by atoms with Crippen molar-refractivity contribution in [1.29, 1.82) is 0 Å². The largest absolute Gasteiger partial charge is 0.368 e. The number of nitrogens with two attached hydrogens (primary N) is 1. The number of aromatic nitrogens is 2. The number of carbonyl (C=O) groups excluding carboxylic acids is 1. The normalized spacial score (nSPS) is 12.5. The average molecular weight is 170 g/mol. The molecule has 1 heterocycles. The molecule has 0 bridgehead atoms. The predicted molar refractivity (Wildman–Crippen MR) is 41.3 cm³/mol. The van der Waals surface area contributed by atoms with Gasteiger partial charge < -0.3 is 15.6 Å². The quantitative estimate of drug-likeness (QED) is 0.647. The Bertz CT molecular complexity index is 283. The predicted octanol–water partition coefficient (Wildman–Crippen LogP) is -0.336. The molecule has 12 heavy (non-hydrogen) atoms. The molecule has 1 aromatic rings. The molecule has 0 aliphatic heterocycles. The highest BCUT2D eigenvalue weighted by Gasteiger charge is 2.11. The van der Waals surface area contributed by atoms with Gasteiger partial charge in [-0.25, -0.2) is 0 Å². The lowest BCUT2D eigenvalue weighted by molar-refractivity contribution is -0.118. The number of nitrogens with one attached hydrogen (secondary N) is 1.